The van der Waals surface area contributed by atoms with Gasteiger partial charge in [0.2, 0.25) is 0 Å². The molecule has 0 bridgehead atoms. The number of methoxy groups -OCH3 is 1. The minimum absolute atomic E-state index is 0.391. The molecule has 1 radical (unpaired) electrons. The Balaban J connectivity index is 2.01. The molecular weight excluding hydrogens is 302 g/mol. The molecule has 7 heteroatoms. The summed E-state index contributed by atoms with van der Waals surface area (Å²) in [5.41, 5.74) is 2.27. The number of aromatic nitrogens is 4. The molecule has 0 aliphatic heterocycles. The molecule has 22 heavy (non-hydrogen) atoms. The third kappa shape index (κ3) is 2.87. The average Bonchev–Trinajstić information content (AvgIpc) is 2.93. The van der Waals surface area contributed by atoms with E-state index >= 15 is 0 Å². The number of halogens is 1. The van der Waals surface area contributed by atoms with Crippen LogP contribution in [0.15, 0.2) is 36.8 Å². The van der Waals surface area contributed by atoms with Crippen LogP contribution in [0.5, 0.6) is 5.75 Å². The molecule has 1 N–H and O–H groups in total. The molecule has 3 rings (SSSR count). The van der Waals surface area contributed by atoms with Crippen molar-refractivity contribution < 1.29 is 4.74 Å². The van der Waals surface area contributed by atoms with Gasteiger partial charge in [-0.15, -0.1) is 0 Å². The Bertz CT molecular complexity index is 802. The minimum Gasteiger partial charge on any atom is -0.494 e. The lowest BCUT2D eigenvalue weighted by atomic mass is 10.1. The molecule has 0 atom stereocenters. The third-order valence-electron chi connectivity index (χ3n) is 3.00. The Hall–Kier alpha value is -2.60. The summed E-state index contributed by atoms with van der Waals surface area (Å²) >= 11 is 5.89. The van der Waals surface area contributed by atoms with Crippen molar-refractivity contribution in [3.63, 3.8) is 0 Å². The van der Waals surface area contributed by atoms with Crippen molar-refractivity contribution in [2.45, 2.75) is 0 Å². The van der Waals surface area contributed by atoms with Crippen LogP contribution in [0.25, 0.3) is 11.4 Å². The van der Waals surface area contributed by atoms with Crippen LogP contribution in [-0.4, -0.2) is 26.9 Å². The van der Waals surface area contributed by atoms with Gasteiger partial charge in [0.05, 0.1) is 24.0 Å². The van der Waals surface area contributed by atoms with Gasteiger partial charge in [0, 0.05) is 19.3 Å². The molecule has 2 aromatic heterocycles. The summed E-state index contributed by atoms with van der Waals surface area (Å²) < 4.78 is 7.17. The summed E-state index contributed by atoms with van der Waals surface area (Å²) in [5, 5.41) is 7.92. The first-order chi connectivity index (χ1) is 10.7. The zero-order chi connectivity index (χ0) is 15.5. The van der Waals surface area contributed by atoms with E-state index in [4.69, 9.17) is 16.3 Å². The maximum Gasteiger partial charge on any atom is 0.184 e. The van der Waals surface area contributed by atoms with E-state index in [-0.39, 0.29) is 0 Å². The van der Waals surface area contributed by atoms with Crippen LogP contribution in [0.4, 0.5) is 11.4 Å². The lowest BCUT2D eigenvalue weighted by molar-refractivity contribution is 0.418. The topological polar surface area (TPSA) is 64.9 Å². The van der Waals surface area contributed by atoms with Crippen LogP contribution in [0.1, 0.15) is 0 Å². The smallest absolute Gasteiger partial charge is 0.184 e. The molecule has 0 aliphatic rings. The third-order valence-corrected chi connectivity index (χ3v) is 3.21. The number of pyridine rings is 1. The molecule has 0 amide bonds. The highest BCUT2D eigenvalue weighted by Crippen LogP contribution is 2.36. The molecule has 1 aromatic carbocycles. The maximum atomic E-state index is 5.89. The lowest BCUT2D eigenvalue weighted by Gasteiger charge is -2.13. The van der Waals surface area contributed by atoms with Gasteiger partial charge in [0.1, 0.15) is 11.5 Å². The van der Waals surface area contributed by atoms with E-state index < -0.39 is 0 Å². The van der Waals surface area contributed by atoms with Crippen LogP contribution >= 0.6 is 11.6 Å². The number of ether oxygens (including phenoxy) is 1. The summed E-state index contributed by atoms with van der Waals surface area (Å²) in [6.07, 6.45) is 3.16. The van der Waals surface area contributed by atoms with Crippen LogP contribution in [0, 0.1) is 6.07 Å². The van der Waals surface area contributed by atoms with Gasteiger partial charge in [0.25, 0.3) is 0 Å². The molecule has 6 nitrogen and oxygen atoms in total. The van der Waals surface area contributed by atoms with E-state index in [9.17, 15) is 0 Å². The van der Waals surface area contributed by atoms with E-state index in [2.05, 4.69) is 26.4 Å². The summed E-state index contributed by atoms with van der Waals surface area (Å²) in [5.74, 6) is 1.25. The summed E-state index contributed by atoms with van der Waals surface area (Å²) in [6, 6.07) is 10.4. The number of nitrogens with one attached hydrogen (secondary N) is 1. The van der Waals surface area contributed by atoms with Crippen molar-refractivity contribution in [1.29, 1.82) is 0 Å². The van der Waals surface area contributed by atoms with Crippen LogP contribution in [0.3, 0.4) is 0 Å². The van der Waals surface area contributed by atoms with Crippen molar-refractivity contribution in [1.82, 2.24) is 19.7 Å². The zero-order valence-electron chi connectivity index (χ0n) is 12.0. The van der Waals surface area contributed by atoms with Gasteiger partial charge in [0.15, 0.2) is 11.6 Å². The summed E-state index contributed by atoms with van der Waals surface area (Å²) in [6.45, 7) is 0. The molecule has 0 unspecified atom stereocenters. The van der Waals surface area contributed by atoms with Gasteiger partial charge >= 0.3 is 0 Å². The van der Waals surface area contributed by atoms with Crippen molar-refractivity contribution in [3.8, 4) is 17.1 Å². The van der Waals surface area contributed by atoms with Gasteiger partial charge in [-0.25, -0.2) is 9.97 Å². The molecule has 0 spiro atoms. The molecule has 2 heterocycles. The number of hydrogen-bond donors (Lipinski definition) is 1. The first-order valence-electron chi connectivity index (χ1n) is 6.50. The van der Waals surface area contributed by atoms with E-state index in [1.807, 2.05) is 25.2 Å². The second-order valence-electron chi connectivity index (χ2n) is 4.54. The SMILES string of the molecule is COc1c(Nc2[c]cnc(Cl)c2)cccc1-c1ncn(C)n1. The van der Waals surface area contributed by atoms with E-state index in [0.29, 0.717) is 22.4 Å². The predicted molar refractivity (Wildman–Crippen MR) is 84.4 cm³/mol. The fourth-order valence-corrected chi connectivity index (χ4v) is 2.23. The monoisotopic (exact) mass is 314 g/mol. The number of rotatable bonds is 4. The Morgan fingerprint density at radius 3 is 2.86 bits per heavy atom. The number of aryl methyl sites for hydroxylation is 1. The second-order valence-corrected chi connectivity index (χ2v) is 4.92. The quantitative estimate of drug-likeness (QED) is 0.750. The standard InChI is InChI=1S/C15H13ClN5O/c1-21-9-18-15(20-21)11-4-3-5-12(14(11)22-2)19-10-6-7-17-13(16)8-10/h3-5,7-9H,1-2H3,(H,17,19). The number of para-hydroxylation sites is 1. The fraction of sp³-hybridized carbons (Fsp3) is 0.133. The molecule has 0 saturated carbocycles. The second kappa shape index (κ2) is 6.03. The first-order valence-corrected chi connectivity index (χ1v) is 6.88. The number of benzene rings is 1. The van der Waals surface area contributed by atoms with Gasteiger partial charge in [-0.1, -0.05) is 17.7 Å². The van der Waals surface area contributed by atoms with Crippen LogP contribution in [0.2, 0.25) is 5.15 Å². The fourth-order valence-electron chi connectivity index (χ4n) is 2.07. The Morgan fingerprint density at radius 1 is 1.32 bits per heavy atom. The Labute approximate surface area is 132 Å². The van der Waals surface area contributed by atoms with Crippen molar-refractivity contribution in [2.24, 2.45) is 7.05 Å². The lowest BCUT2D eigenvalue weighted by Crippen LogP contribution is -1.98. The number of hydrogen-bond acceptors (Lipinski definition) is 5. The van der Waals surface area contributed by atoms with Crippen LogP contribution < -0.4 is 10.1 Å². The molecule has 3 aromatic rings. The maximum absolute atomic E-state index is 5.89. The summed E-state index contributed by atoms with van der Waals surface area (Å²) in [7, 11) is 3.43. The van der Waals surface area contributed by atoms with E-state index in [0.717, 1.165) is 11.3 Å². The van der Waals surface area contributed by atoms with Gasteiger partial charge in [-0.2, -0.15) is 5.10 Å². The molecule has 0 saturated heterocycles. The summed E-state index contributed by atoms with van der Waals surface area (Å²) in [4.78, 5) is 8.17. The van der Waals surface area contributed by atoms with Crippen molar-refractivity contribution >= 4 is 23.0 Å². The average molecular weight is 315 g/mol. The molecule has 0 aliphatic carbocycles. The van der Waals surface area contributed by atoms with E-state index in [1.165, 1.54) is 6.20 Å². The predicted octanol–water partition coefficient (Wildman–Crippen LogP) is 3.08. The van der Waals surface area contributed by atoms with Gasteiger partial charge in [-0.05, 0) is 18.2 Å². The van der Waals surface area contributed by atoms with Gasteiger partial charge < -0.3 is 10.1 Å². The first kappa shape index (κ1) is 14.3. The largest absolute Gasteiger partial charge is 0.494 e. The van der Waals surface area contributed by atoms with E-state index in [1.54, 1.807) is 24.2 Å². The molecule has 111 valence electrons. The Morgan fingerprint density at radius 2 is 2.18 bits per heavy atom. The van der Waals surface area contributed by atoms with Crippen molar-refractivity contribution in [3.05, 3.63) is 48.0 Å². The van der Waals surface area contributed by atoms with Gasteiger partial charge in [-0.3, -0.25) is 4.68 Å². The van der Waals surface area contributed by atoms with Crippen LogP contribution in [-0.2, 0) is 7.05 Å². The Kier molecular flexibility index (Phi) is 3.93. The number of anilines is 2. The van der Waals surface area contributed by atoms with Crippen molar-refractivity contribution in [2.75, 3.05) is 12.4 Å². The minimum atomic E-state index is 0.391. The number of nitrogens with zero attached hydrogens (tertiary/aromatic N) is 4. The highest BCUT2D eigenvalue weighted by molar-refractivity contribution is 6.29. The molecular formula is C15H13ClN5O. The highest BCUT2D eigenvalue weighted by atomic mass is 35.5. The normalized spacial score (nSPS) is 10.5. The highest BCUT2D eigenvalue weighted by Gasteiger charge is 2.14. The zero-order valence-corrected chi connectivity index (χ0v) is 12.8. The molecule has 0 fully saturated rings.